The number of carbonyl (C=O) groups is 3. The summed E-state index contributed by atoms with van der Waals surface area (Å²) < 4.78 is 0. The Kier molecular flexibility index (Phi) is 5.30. The molecule has 6 rings (SSSR count). The lowest BCUT2D eigenvalue weighted by atomic mass is 9.54. The molecule has 3 aliphatic carbocycles. The summed E-state index contributed by atoms with van der Waals surface area (Å²) in [5.41, 5.74) is 3.82. The SMILES string of the molecule is O=C(O)[C@@H]1C2c3ccccc3C(c3ccccc32)[C@H]1C(=O)O.O=C(O)[C@@H]1CCCN1. The zero-order chi connectivity index (χ0) is 21.4. The molecule has 1 fully saturated rings. The monoisotopic (exact) mass is 409 g/mol. The van der Waals surface area contributed by atoms with Gasteiger partial charge in [0.25, 0.3) is 0 Å². The normalized spacial score (nSPS) is 27.9. The Morgan fingerprint density at radius 2 is 1.10 bits per heavy atom. The van der Waals surface area contributed by atoms with Crippen molar-refractivity contribution in [1.82, 2.24) is 5.32 Å². The Bertz CT molecular complexity index is 883. The van der Waals surface area contributed by atoms with Crippen molar-refractivity contribution >= 4 is 17.9 Å². The van der Waals surface area contributed by atoms with Crippen LogP contribution in [0.25, 0.3) is 0 Å². The van der Waals surface area contributed by atoms with Gasteiger partial charge in [-0.3, -0.25) is 14.4 Å². The van der Waals surface area contributed by atoms with Crippen LogP contribution in [0.4, 0.5) is 0 Å². The van der Waals surface area contributed by atoms with E-state index >= 15 is 0 Å². The van der Waals surface area contributed by atoms with Crippen LogP contribution in [-0.2, 0) is 14.4 Å². The standard InChI is InChI=1S/C18H14O4.C5H9NO2/c19-17(20)15-13-9-5-1-2-6-10(9)14(16(15)18(21)22)12-8-4-3-7-11(12)13;7-5(8)4-2-1-3-6-4/h1-8,13-16H,(H,19,20)(H,21,22);4,6H,1-3H2,(H,7,8)/t13?,14?,15-,16-;4-/m10/s1. The van der Waals surface area contributed by atoms with Crippen LogP contribution in [0, 0.1) is 11.8 Å². The van der Waals surface area contributed by atoms with E-state index < -0.39 is 41.6 Å². The lowest BCUT2D eigenvalue weighted by molar-refractivity contribution is -0.156. The molecule has 0 amide bonds. The van der Waals surface area contributed by atoms with Gasteiger partial charge in [0.1, 0.15) is 6.04 Å². The molecule has 0 saturated carbocycles. The Morgan fingerprint density at radius 3 is 1.33 bits per heavy atom. The molecule has 0 spiro atoms. The first kappa shape index (κ1) is 20.1. The molecule has 1 heterocycles. The highest BCUT2D eigenvalue weighted by molar-refractivity contribution is 5.86. The summed E-state index contributed by atoms with van der Waals surface area (Å²) in [6, 6.07) is 15.0. The Morgan fingerprint density at radius 1 is 0.700 bits per heavy atom. The highest BCUT2D eigenvalue weighted by Crippen LogP contribution is 2.58. The van der Waals surface area contributed by atoms with Crippen LogP contribution in [0.15, 0.2) is 48.5 Å². The number of aliphatic carboxylic acids is 3. The van der Waals surface area contributed by atoms with Crippen molar-refractivity contribution in [2.24, 2.45) is 11.8 Å². The van der Waals surface area contributed by atoms with Gasteiger partial charge < -0.3 is 20.6 Å². The molecule has 0 aromatic heterocycles. The maximum atomic E-state index is 11.8. The van der Waals surface area contributed by atoms with E-state index in [9.17, 15) is 24.6 Å². The Hall–Kier alpha value is -3.19. The number of rotatable bonds is 3. The number of carboxylic acids is 3. The van der Waals surface area contributed by atoms with Crippen molar-refractivity contribution < 1.29 is 29.7 Å². The van der Waals surface area contributed by atoms with Gasteiger partial charge >= 0.3 is 17.9 Å². The average molecular weight is 409 g/mol. The second-order valence-electron chi connectivity index (χ2n) is 7.93. The van der Waals surface area contributed by atoms with Crippen LogP contribution in [0.1, 0.15) is 46.9 Å². The summed E-state index contributed by atoms with van der Waals surface area (Å²) in [7, 11) is 0. The number of fused-ring (bicyclic) bond motifs is 1. The third kappa shape index (κ3) is 3.25. The fourth-order valence-corrected chi connectivity index (χ4v) is 5.17. The van der Waals surface area contributed by atoms with Crippen molar-refractivity contribution in [3.05, 3.63) is 70.8 Å². The van der Waals surface area contributed by atoms with E-state index in [2.05, 4.69) is 5.32 Å². The summed E-state index contributed by atoms with van der Waals surface area (Å²) in [5, 5.41) is 30.5. The molecule has 0 unspecified atom stereocenters. The molecule has 4 aliphatic rings. The largest absolute Gasteiger partial charge is 0.481 e. The van der Waals surface area contributed by atoms with Crippen LogP contribution >= 0.6 is 0 Å². The smallest absolute Gasteiger partial charge is 0.320 e. The predicted molar refractivity (Wildman–Crippen MR) is 107 cm³/mol. The van der Waals surface area contributed by atoms with E-state index in [4.69, 9.17) is 5.11 Å². The first-order valence-electron chi connectivity index (χ1n) is 10.0. The summed E-state index contributed by atoms with van der Waals surface area (Å²) in [4.78, 5) is 33.8. The Labute approximate surface area is 173 Å². The van der Waals surface area contributed by atoms with Gasteiger partial charge in [0, 0.05) is 11.8 Å². The number of hydrogen-bond acceptors (Lipinski definition) is 4. The predicted octanol–water partition coefficient (Wildman–Crippen LogP) is 2.50. The third-order valence-corrected chi connectivity index (χ3v) is 6.37. The van der Waals surface area contributed by atoms with Gasteiger partial charge in [-0.25, -0.2) is 0 Å². The van der Waals surface area contributed by atoms with E-state index in [1.807, 2.05) is 48.5 Å². The van der Waals surface area contributed by atoms with Crippen molar-refractivity contribution in [2.75, 3.05) is 6.54 Å². The molecule has 2 bridgehead atoms. The topological polar surface area (TPSA) is 124 Å². The van der Waals surface area contributed by atoms with Crippen LogP contribution in [-0.4, -0.2) is 45.8 Å². The molecule has 7 nitrogen and oxygen atoms in total. The van der Waals surface area contributed by atoms with Gasteiger partial charge in [0.05, 0.1) is 11.8 Å². The number of carboxylic acid groups (broad SMARTS) is 3. The lowest BCUT2D eigenvalue weighted by Crippen LogP contribution is -2.46. The van der Waals surface area contributed by atoms with Gasteiger partial charge in [-0.05, 0) is 41.6 Å². The van der Waals surface area contributed by atoms with Gasteiger partial charge in [0.15, 0.2) is 0 Å². The van der Waals surface area contributed by atoms with Crippen molar-refractivity contribution in [3.63, 3.8) is 0 Å². The van der Waals surface area contributed by atoms with Crippen LogP contribution in [0.3, 0.4) is 0 Å². The molecule has 156 valence electrons. The van der Waals surface area contributed by atoms with Crippen molar-refractivity contribution in [2.45, 2.75) is 30.7 Å². The molecule has 2 aromatic rings. The molecule has 1 aliphatic heterocycles. The van der Waals surface area contributed by atoms with Crippen LogP contribution < -0.4 is 5.32 Å². The summed E-state index contributed by atoms with van der Waals surface area (Å²) in [6.45, 7) is 0.858. The molecular weight excluding hydrogens is 386 g/mol. The van der Waals surface area contributed by atoms with Crippen LogP contribution in [0.2, 0.25) is 0 Å². The van der Waals surface area contributed by atoms with E-state index in [0.29, 0.717) is 0 Å². The van der Waals surface area contributed by atoms with Gasteiger partial charge in [-0.2, -0.15) is 0 Å². The molecule has 1 saturated heterocycles. The summed E-state index contributed by atoms with van der Waals surface area (Å²) in [5.74, 6) is -5.42. The van der Waals surface area contributed by atoms with Gasteiger partial charge in [-0.15, -0.1) is 0 Å². The maximum absolute atomic E-state index is 11.8. The minimum absolute atomic E-state index is 0.269. The summed E-state index contributed by atoms with van der Waals surface area (Å²) >= 11 is 0. The highest BCUT2D eigenvalue weighted by Gasteiger charge is 2.55. The molecule has 3 atom stereocenters. The number of nitrogens with one attached hydrogen (secondary N) is 1. The Balaban J connectivity index is 0.000000230. The third-order valence-electron chi connectivity index (χ3n) is 6.37. The van der Waals surface area contributed by atoms with Crippen molar-refractivity contribution in [1.29, 1.82) is 0 Å². The minimum Gasteiger partial charge on any atom is -0.481 e. The zero-order valence-corrected chi connectivity index (χ0v) is 16.2. The van der Waals surface area contributed by atoms with E-state index in [1.54, 1.807) is 0 Å². The molecular formula is C23H23NO6. The first-order chi connectivity index (χ1) is 14.4. The van der Waals surface area contributed by atoms with E-state index in [1.165, 1.54) is 0 Å². The number of hydrogen-bond donors (Lipinski definition) is 4. The lowest BCUT2D eigenvalue weighted by Gasteiger charge is -2.47. The molecule has 7 heteroatoms. The van der Waals surface area contributed by atoms with E-state index in [0.717, 1.165) is 41.6 Å². The quantitative estimate of drug-likeness (QED) is 0.614. The van der Waals surface area contributed by atoms with E-state index in [-0.39, 0.29) is 6.04 Å². The average Bonchev–Trinajstić information content (AvgIpc) is 3.29. The fraction of sp³-hybridized carbons (Fsp3) is 0.348. The maximum Gasteiger partial charge on any atom is 0.320 e. The van der Waals surface area contributed by atoms with Crippen molar-refractivity contribution in [3.8, 4) is 0 Å². The second kappa shape index (κ2) is 7.91. The summed E-state index contributed by atoms with van der Waals surface area (Å²) in [6.07, 6.45) is 1.78. The zero-order valence-electron chi connectivity index (χ0n) is 16.2. The molecule has 30 heavy (non-hydrogen) atoms. The van der Waals surface area contributed by atoms with Gasteiger partial charge in [-0.1, -0.05) is 48.5 Å². The number of benzene rings is 2. The minimum atomic E-state index is -1.04. The first-order valence-corrected chi connectivity index (χ1v) is 10.0. The van der Waals surface area contributed by atoms with Crippen LogP contribution in [0.5, 0.6) is 0 Å². The molecule has 0 radical (unpaired) electrons. The fourth-order valence-electron chi connectivity index (χ4n) is 5.17. The second-order valence-corrected chi connectivity index (χ2v) is 7.93. The molecule has 4 N–H and O–H groups in total. The highest BCUT2D eigenvalue weighted by atomic mass is 16.4. The van der Waals surface area contributed by atoms with Gasteiger partial charge in [0.2, 0.25) is 0 Å². The molecule has 2 aromatic carbocycles.